The third-order valence-electron chi connectivity index (χ3n) is 2.76. The second kappa shape index (κ2) is 5.99. The van der Waals surface area contributed by atoms with Crippen molar-refractivity contribution >= 4 is 11.5 Å². The number of hydrogen-bond donors (Lipinski definition) is 2. The van der Waals surface area contributed by atoms with Crippen molar-refractivity contribution in [3.8, 4) is 5.88 Å². The molecule has 0 unspecified atom stereocenters. The third kappa shape index (κ3) is 4.08. The number of aromatic nitrogens is 4. The Morgan fingerprint density at radius 1 is 1.33 bits per heavy atom. The van der Waals surface area contributed by atoms with Gasteiger partial charge in [-0.2, -0.15) is 4.98 Å². The highest BCUT2D eigenvalue weighted by molar-refractivity contribution is 5.53. The molecule has 2 heterocycles. The molecule has 2 rings (SSSR count). The predicted octanol–water partition coefficient (Wildman–Crippen LogP) is 2.06. The first-order valence-electron chi connectivity index (χ1n) is 6.95. The number of nitrogens with two attached hydrogens (primary N) is 1. The number of anilines is 2. The number of pyridine rings is 1. The predicted molar refractivity (Wildman–Crippen MR) is 82.1 cm³/mol. The van der Waals surface area contributed by atoms with Crippen LogP contribution in [0.2, 0.25) is 0 Å². The number of nitrogen functional groups attached to an aromatic ring is 1. The van der Waals surface area contributed by atoms with Gasteiger partial charge < -0.3 is 20.4 Å². The topological polar surface area (TPSA) is 90.9 Å². The molecule has 0 bridgehead atoms. The molecule has 0 aliphatic heterocycles. The lowest BCUT2D eigenvalue weighted by Crippen LogP contribution is -2.24. The Morgan fingerprint density at radius 3 is 2.76 bits per heavy atom. The number of nitrogens with one attached hydrogen (secondary N) is 1. The fourth-order valence-corrected chi connectivity index (χ4v) is 1.77. The van der Waals surface area contributed by atoms with E-state index >= 15 is 0 Å². The van der Waals surface area contributed by atoms with Crippen molar-refractivity contribution in [2.45, 2.75) is 46.4 Å². The summed E-state index contributed by atoms with van der Waals surface area (Å²) in [5, 5.41) is 11.2. The zero-order chi connectivity index (χ0) is 15.5. The molecule has 0 aliphatic carbocycles. The smallest absolute Gasteiger partial charge is 0.239 e. The zero-order valence-electron chi connectivity index (χ0n) is 12.9. The van der Waals surface area contributed by atoms with Crippen LogP contribution in [0.1, 0.15) is 33.5 Å². The van der Waals surface area contributed by atoms with Crippen molar-refractivity contribution in [1.29, 1.82) is 0 Å². The van der Waals surface area contributed by atoms with Crippen molar-refractivity contribution in [1.82, 2.24) is 19.7 Å². The van der Waals surface area contributed by atoms with E-state index in [0.717, 1.165) is 12.4 Å². The Morgan fingerprint density at radius 2 is 2.10 bits per heavy atom. The molecule has 2 aromatic heterocycles. The van der Waals surface area contributed by atoms with Gasteiger partial charge in [0.25, 0.3) is 0 Å². The second-order valence-electron chi connectivity index (χ2n) is 5.69. The number of nitrogens with zero attached hydrogens (tertiary/aromatic N) is 4. The van der Waals surface area contributed by atoms with Gasteiger partial charge in [0.1, 0.15) is 17.7 Å². The van der Waals surface area contributed by atoms with Gasteiger partial charge in [-0.3, -0.25) is 0 Å². The van der Waals surface area contributed by atoms with Gasteiger partial charge in [0.15, 0.2) is 5.82 Å². The van der Waals surface area contributed by atoms with Crippen LogP contribution < -0.4 is 15.8 Å². The molecule has 2 aromatic rings. The van der Waals surface area contributed by atoms with Crippen LogP contribution in [-0.4, -0.2) is 25.3 Å². The summed E-state index contributed by atoms with van der Waals surface area (Å²) < 4.78 is 7.71. The molecule has 0 radical (unpaired) electrons. The van der Waals surface area contributed by atoms with Gasteiger partial charge >= 0.3 is 0 Å². The Kier molecular flexibility index (Phi) is 4.30. The van der Waals surface area contributed by atoms with Gasteiger partial charge in [-0.15, -0.1) is 10.2 Å². The third-order valence-corrected chi connectivity index (χ3v) is 2.76. The van der Waals surface area contributed by atoms with E-state index in [-0.39, 0.29) is 5.60 Å². The van der Waals surface area contributed by atoms with Crippen molar-refractivity contribution in [2.24, 2.45) is 0 Å². The van der Waals surface area contributed by atoms with Crippen LogP contribution in [0.15, 0.2) is 18.5 Å². The van der Waals surface area contributed by atoms with E-state index in [9.17, 15) is 0 Å². The van der Waals surface area contributed by atoms with E-state index in [0.29, 0.717) is 23.9 Å². The minimum absolute atomic E-state index is 0.345. The van der Waals surface area contributed by atoms with Crippen molar-refractivity contribution < 1.29 is 4.74 Å². The molecular weight excluding hydrogens is 268 g/mol. The van der Waals surface area contributed by atoms with Crippen LogP contribution in [0.5, 0.6) is 5.88 Å². The van der Waals surface area contributed by atoms with E-state index in [1.807, 2.05) is 38.3 Å². The Bertz CT molecular complexity index is 602. The van der Waals surface area contributed by atoms with Crippen molar-refractivity contribution in [3.05, 3.63) is 24.3 Å². The normalized spacial score (nSPS) is 11.4. The lowest BCUT2D eigenvalue weighted by atomic mass is 10.2. The first-order chi connectivity index (χ1) is 9.89. The largest absolute Gasteiger partial charge is 0.470 e. The van der Waals surface area contributed by atoms with Crippen molar-refractivity contribution in [3.63, 3.8) is 0 Å². The molecule has 0 spiro atoms. The van der Waals surface area contributed by atoms with Crippen LogP contribution >= 0.6 is 0 Å². The summed E-state index contributed by atoms with van der Waals surface area (Å²) in [7, 11) is 0. The van der Waals surface area contributed by atoms with Gasteiger partial charge in [0.05, 0.1) is 12.2 Å². The van der Waals surface area contributed by atoms with Crippen LogP contribution in [0.25, 0.3) is 0 Å². The molecule has 0 amide bonds. The monoisotopic (exact) mass is 290 g/mol. The lowest BCUT2D eigenvalue weighted by molar-refractivity contribution is 0.125. The maximum absolute atomic E-state index is 5.89. The van der Waals surface area contributed by atoms with E-state index in [4.69, 9.17) is 10.5 Å². The Hall–Kier alpha value is -2.31. The molecular formula is C14H22N6O. The number of ether oxygens (including phenoxy) is 1. The minimum atomic E-state index is -0.345. The first-order valence-corrected chi connectivity index (χ1v) is 6.95. The highest BCUT2D eigenvalue weighted by atomic mass is 16.5. The number of hydrogen-bond acceptors (Lipinski definition) is 6. The molecule has 0 aliphatic rings. The Balaban J connectivity index is 2.09. The van der Waals surface area contributed by atoms with E-state index in [2.05, 4.69) is 20.5 Å². The molecule has 0 atom stereocenters. The average Bonchev–Trinajstić information content (AvgIpc) is 2.85. The maximum Gasteiger partial charge on any atom is 0.239 e. The Labute approximate surface area is 124 Å². The molecule has 3 N–H and O–H groups in total. The SMILES string of the molecule is CCn1cnnc1CNc1ccc(N)c(OC(C)(C)C)n1. The van der Waals surface area contributed by atoms with E-state index in [1.54, 1.807) is 12.4 Å². The summed E-state index contributed by atoms with van der Waals surface area (Å²) in [6, 6.07) is 3.60. The fraction of sp³-hybridized carbons (Fsp3) is 0.500. The summed E-state index contributed by atoms with van der Waals surface area (Å²) in [6.45, 7) is 9.29. The molecule has 21 heavy (non-hydrogen) atoms. The molecule has 0 fully saturated rings. The minimum Gasteiger partial charge on any atom is -0.470 e. The van der Waals surface area contributed by atoms with Crippen LogP contribution in [-0.2, 0) is 13.1 Å². The highest BCUT2D eigenvalue weighted by Crippen LogP contribution is 2.25. The van der Waals surface area contributed by atoms with E-state index in [1.165, 1.54) is 0 Å². The molecule has 7 heteroatoms. The quantitative estimate of drug-likeness (QED) is 0.876. The first kappa shape index (κ1) is 15.1. The van der Waals surface area contributed by atoms with Gasteiger partial charge in [-0.1, -0.05) is 0 Å². The number of aryl methyl sites for hydroxylation is 1. The van der Waals surface area contributed by atoms with Gasteiger partial charge in [-0.25, -0.2) is 0 Å². The molecule has 7 nitrogen and oxygen atoms in total. The summed E-state index contributed by atoms with van der Waals surface area (Å²) in [6.07, 6.45) is 1.71. The standard InChI is InChI=1S/C14H22N6O/c1-5-20-9-17-19-12(20)8-16-11-7-6-10(15)13(18-11)21-14(2,3)4/h6-7,9H,5,8,15H2,1-4H3,(H,16,18). The summed E-state index contributed by atoms with van der Waals surface area (Å²) in [5.74, 6) is 1.98. The van der Waals surface area contributed by atoms with Gasteiger partial charge in [0.2, 0.25) is 5.88 Å². The van der Waals surface area contributed by atoms with E-state index < -0.39 is 0 Å². The molecule has 0 aromatic carbocycles. The summed E-state index contributed by atoms with van der Waals surface area (Å²) in [5.41, 5.74) is 6.07. The van der Waals surface area contributed by atoms with Crippen molar-refractivity contribution in [2.75, 3.05) is 11.1 Å². The van der Waals surface area contributed by atoms with Gasteiger partial charge in [-0.05, 0) is 39.8 Å². The number of rotatable bonds is 5. The van der Waals surface area contributed by atoms with Crippen LogP contribution in [0, 0.1) is 0 Å². The zero-order valence-corrected chi connectivity index (χ0v) is 12.9. The lowest BCUT2D eigenvalue weighted by Gasteiger charge is -2.21. The summed E-state index contributed by atoms with van der Waals surface area (Å²) >= 11 is 0. The highest BCUT2D eigenvalue weighted by Gasteiger charge is 2.15. The molecule has 0 saturated carbocycles. The second-order valence-corrected chi connectivity index (χ2v) is 5.69. The molecule has 0 saturated heterocycles. The maximum atomic E-state index is 5.89. The van der Waals surface area contributed by atoms with Crippen LogP contribution in [0.3, 0.4) is 0 Å². The fourth-order valence-electron chi connectivity index (χ4n) is 1.77. The molecule has 114 valence electrons. The van der Waals surface area contributed by atoms with Crippen LogP contribution in [0.4, 0.5) is 11.5 Å². The summed E-state index contributed by atoms with van der Waals surface area (Å²) in [4.78, 5) is 4.40. The average molecular weight is 290 g/mol. The van der Waals surface area contributed by atoms with Gasteiger partial charge in [0, 0.05) is 6.54 Å².